The van der Waals surface area contributed by atoms with Crippen molar-refractivity contribution in [1.82, 2.24) is 5.32 Å². The van der Waals surface area contributed by atoms with Crippen LogP contribution in [0.4, 0.5) is 5.69 Å². The Labute approximate surface area is 113 Å². The smallest absolute Gasteiger partial charge is 0.339 e. The highest BCUT2D eigenvalue weighted by Gasteiger charge is 2.19. The molecule has 0 aromatic heterocycles. The van der Waals surface area contributed by atoms with Gasteiger partial charge < -0.3 is 19.7 Å². The zero-order chi connectivity index (χ0) is 13.7. The van der Waals surface area contributed by atoms with Crippen molar-refractivity contribution in [2.45, 2.75) is 6.10 Å². The van der Waals surface area contributed by atoms with Gasteiger partial charge in [0.25, 0.3) is 0 Å². The molecule has 1 atom stereocenters. The summed E-state index contributed by atoms with van der Waals surface area (Å²) in [6, 6.07) is 7.45. The van der Waals surface area contributed by atoms with E-state index in [1.54, 1.807) is 6.07 Å². The van der Waals surface area contributed by atoms with Crippen LogP contribution in [-0.4, -0.2) is 52.5 Å². The number of benzene rings is 1. The molecule has 1 saturated heterocycles. The molecule has 1 fully saturated rings. The second kappa shape index (κ2) is 6.54. The molecule has 1 heterocycles. The molecule has 5 heteroatoms. The van der Waals surface area contributed by atoms with E-state index in [0.717, 1.165) is 31.9 Å². The van der Waals surface area contributed by atoms with E-state index in [2.05, 4.69) is 5.32 Å². The van der Waals surface area contributed by atoms with Crippen LogP contribution in [0.5, 0.6) is 0 Å². The molecular formula is C14H20N2O3. The fourth-order valence-corrected chi connectivity index (χ4v) is 2.23. The lowest BCUT2D eigenvalue weighted by molar-refractivity contribution is 0.0339. The van der Waals surface area contributed by atoms with Gasteiger partial charge in [-0.25, -0.2) is 4.79 Å². The largest absolute Gasteiger partial charge is 0.465 e. The van der Waals surface area contributed by atoms with Crippen molar-refractivity contribution in [2.24, 2.45) is 0 Å². The van der Waals surface area contributed by atoms with Gasteiger partial charge in [0.15, 0.2) is 0 Å². The molecule has 1 unspecified atom stereocenters. The molecule has 0 bridgehead atoms. The number of carbonyl (C=O) groups excluding carboxylic acids is 1. The minimum Gasteiger partial charge on any atom is -0.465 e. The van der Waals surface area contributed by atoms with Crippen molar-refractivity contribution in [2.75, 3.05) is 45.3 Å². The van der Waals surface area contributed by atoms with Crippen LogP contribution in [0.1, 0.15) is 10.4 Å². The third-order valence-electron chi connectivity index (χ3n) is 3.20. The van der Waals surface area contributed by atoms with E-state index in [9.17, 15) is 4.79 Å². The minimum absolute atomic E-state index is 0.143. The van der Waals surface area contributed by atoms with Crippen molar-refractivity contribution < 1.29 is 14.3 Å². The van der Waals surface area contributed by atoms with Gasteiger partial charge in [0.05, 0.1) is 31.1 Å². The number of rotatable bonds is 4. The van der Waals surface area contributed by atoms with Gasteiger partial charge in [0, 0.05) is 26.7 Å². The number of methoxy groups -OCH3 is 1. The maximum Gasteiger partial charge on any atom is 0.339 e. The summed E-state index contributed by atoms with van der Waals surface area (Å²) in [5.74, 6) is -0.315. The number of likely N-dealkylation sites (N-methyl/N-ethyl adjacent to an activating group) is 1. The van der Waals surface area contributed by atoms with Gasteiger partial charge in [-0.1, -0.05) is 12.1 Å². The normalized spacial score (nSPS) is 18.9. The molecule has 1 N–H and O–H groups in total. The molecule has 0 radical (unpaired) electrons. The van der Waals surface area contributed by atoms with Crippen LogP contribution in [0, 0.1) is 0 Å². The molecule has 1 aliphatic heterocycles. The van der Waals surface area contributed by atoms with Crippen LogP contribution in [-0.2, 0) is 9.47 Å². The van der Waals surface area contributed by atoms with E-state index in [1.807, 2.05) is 30.1 Å². The number of nitrogens with zero attached hydrogens (tertiary/aromatic N) is 1. The Morgan fingerprint density at radius 3 is 3.00 bits per heavy atom. The number of morpholine rings is 1. The fraction of sp³-hybridized carbons (Fsp3) is 0.500. The monoisotopic (exact) mass is 264 g/mol. The Hall–Kier alpha value is -1.59. The first-order chi connectivity index (χ1) is 9.22. The molecule has 1 aromatic carbocycles. The first-order valence-corrected chi connectivity index (χ1v) is 6.43. The lowest BCUT2D eigenvalue weighted by Crippen LogP contribution is -2.44. The molecular weight excluding hydrogens is 244 g/mol. The predicted octanol–water partition coefficient (Wildman–Crippen LogP) is 0.898. The zero-order valence-electron chi connectivity index (χ0n) is 11.4. The SMILES string of the molecule is COC(=O)c1ccccc1N(C)CC1CNCCO1. The maximum atomic E-state index is 11.7. The third kappa shape index (κ3) is 3.45. The first kappa shape index (κ1) is 13.8. The van der Waals surface area contributed by atoms with Crippen molar-refractivity contribution in [3.63, 3.8) is 0 Å². The van der Waals surface area contributed by atoms with Crippen LogP contribution < -0.4 is 10.2 Å². The quantitative estimate of drug-likeness (QED) is 0.819. The minimum atomic E-state index is -0.315. The lowest BCUT2D eigenvalue weighted by atomic mass is 10.1. The average molecular weight is 264 g/mol. The van der Waals surface area contributed by atoms with Crippen molar-refractivity contribution in [3.05, 3.63) is 29.8 Å². The number of para-hydroxylation sites is 1. The van der Waals surface area contributed by atoms with Gasteiger partial charge in [-0.15, -0.1) is 0 Å². The van der Waals surface area contributed by atoms with Crippen LogP contribution >= 0.6 is 0 Å². The number of esters is 1. The van der Waals surface area contributed by atoms with E-state index in [-0.39, 0.29) is 12.1 Å². The molecule has 1 aliphatic rings. The molecule has 0 spiro atoms. The van der Waals surface area contributed by atoms with E-state index in [1.165, 1.54) is 7.11 Å². The molecule has 0 amide bonds. The number of hydrogen-bond acceptors (Lipinski definition) is 5. The molecule has 19 heavy (non-hydrogen) atoms. The standard InChI is InChI=1S/C14H20N2O3/c1-16(10-11-9-15-7-8-19-11)13-6-4-3-5-12(13)14(17)18-2/h3-6,11,15H,7-10H2,1-2H3. The number of nitrogens with one attached hydrogen (secondary N) is 1. The van der Waals surface area contributed by atoms with Crippen LogP contribution in [0.25, 0.3) is 0 Å². The van der Waals surface area contributed by atoms with E-state index < -0.39 is 0 Å². The van der Waals surface area contributed by atoms with Gasteiger partial charge in [0.2, 0.25) is 0 Å². The maximum absolute atomic E-state index is 11.7. The second-order valence-corrected chi connectivity index (χ2v) is 4.59. The summed E-state index contributed by atoms with van der Waals surface area (Å²) in [6.45, 7) is 3.21. The summed E-state index contributed by atoms with van der Waals surface area (Å²) < 4.78 is 10.5. The molecule has 5 nitrogen and oxygen atoms in total. The summed E-state index contributed by atoms with van der Waals surface area (Å²) in [5, 5.41) is 3.30. The van der Waals surface area contributed by atoms with Crippen molar-refractivity contribution >= 4 is 11.7 Å². The molecule has 0 saturated carbocycles. The number of anilines is 1. The van der Waals surface area contributed by atoms with Gasteiger partial charge in [-0.05, 0) is 12.1 Å². The Morgan fingerprint density at radius 1 is 1.53 bits per heavy atom. The lowest BCUT2D eigenvalue weighted by Gasteiger charge is -2.29. The average Bonchev–Trinajstić information content (AvgIpc) is 2.47. The highest BCUT2D eigenvalue weighted by molar-refractivity contribution is 5.95. The Bertz CT molecular complexity index is 430. The van der Waals surface area contributed by atoms with E-state index in [4.69, 9.17) is 9.47 Å². The zero-order valence-corrected chi connectivity index (χ0v) is 11.4. The van der Waals surface area contributed by atoms with Gasteiger partial charge in [-0.3, -0.25) is 0 Å². The van der Waals surface area contributed by atoms with Gasteiger partial charge in [0.1, 0.15) is 0 Å². The highest BCUT2D eigenvalue weighted by Crippen LogP contribution is 2.20. The van der Waals surface area contributed by atoms with Gasteiger partial charge in [-0.2, -0.15) is 0 Å². The highest BCUT2D eigenvalue weighted by atomic mass is 16.5. The van der Waals surface area contributed by atoms with E-state index in [0.29, 0.717) is 5.56 Å². The van der Waals surface area contributed by atoms with Crippen LogP contribution in [0.3, 0.4) is 0 Å². The summed E-state index contributed by atoms with van der Waals surface area (Å²) in [5.41, 5.74) is 1.44. The Morgan fingerprint density at radius 2 is 2.32 bits per heavy atom. The van der Waals surface area contributed by atoms with Crippen LogP contribution in [0.2, 0.25) is 0 Å². The Kier molecular flexibility index (Phi) is 4.76. The molecule has 1 aromatic rings. The number of hydrogen-bond donors (Lipinski definition) is 1. The summed E-state index contributed by atoms with van der Waals surface area (Å²) in [4.78, 5) is 13.8. The topological polar surface area (TPSA) is 50.8 Å². The van der Waals surface area contributed by atoms with E-state index >= 15 is 0 Å². The van der Waals surface area contributed by atoms with Crippen molar-refractivity contribution in [3.8, 4) is 0 Å². The number of ether oxygens (including phenoxy) is 2. The summed E-state index contributed by atoms with van der Waals surface area (Å²) in [6.07, 6.45) is 0.143. The predicted molar refractivity (Wildman–Crippen MR) is 73.7 cm³/mol. The fourth-order valence-electron chi connectivity index (χ4n) is 2.23. The summed E-state index contributed by atoms with van der Waals surface area (Å²) in [7, 11) is 3.35. The Balaban J connectivity index is 2.09. The van der Waals surface area contributed by atoms with Crippen molar-refractivity contribution in [1.29, 1.82) is 0 Å². The second-order valence-electron chi connectivity index (χ2n) is 4.59. The molecule has 2 rings (SSSR count). The third-order valence-corrected chi connectivity index (χ3v) is 3.20. The first-order valence-electron chi connectivity index (χ1n) is 6.43. The molecule has 0 aliphatic carbocycles. The summed E-state index contributed by atoms with van der Waals surface area (Å²) >= 11 is 0. The molecule has 104 valence electrons. The van der Waals surface area contributed by atoms with Crippen LogP contribution in [0.15, 0.2) is 24.3 Å². The van der Waals surface area contributed by atoms with Gasteiger partial charge >= 0.3 is 5.97 Å². The number of carbonyl (C=O) groups is 1.